The Morgan fingerprint density at radius 1 is 1.11 bits per heavy atom. The first-order chi connectivity index (χ1) is 9.12. The molecule has 1 saturated heterocycles. The fourth-order valence-corrected chi connectivity index (χ4v) is 4.00. The Morgan fingerprint density at radius 2 is 1.79 bits per heavy atom. The van der Waals surface area contributed by atoms with Crippen LogP contribution in [0.2, 0.25) is 0 Å². The van der Waals surface area contributed by atoms with E-state index in [1.54, 1.807) is 4.31 Å². The van der Waals surface area contributed by atoms with Gasteiger partial charge in [-0.15, -0.1) is 0 Å². The number of unbranched alkanes of at least 4 members (excludes halogenated alkanes) is 1. The van der Waals surface area contributed by atoms with Gasteiger partial charge in [0.1, 0.15) is 0 Å². The third-order valence-corrected chi connectivity index (χ3v) is 5.97. The second kappa shape index (κ2) is 7.02. The predicted octanol–water partition coefficient (Wildman–Crippen LogP) is 0.486. The van der Waals surface area contributed by atoms with Crippen molar-refractivity contribution in [1.29, 1.82) is 0 Å². The maximum absolute atomic E-state index is 12.2. The van der Waals surface area contributed by atoms with E-state index in [4.69, 9.17) is 0 Å². The van der Waals surface area contributed by atoms with E-state index < -0.39 is 10.0 Å². The van der Waals surface area contributed by atoms with E-state index in [1.165, 1.54) is 12.8 Å². The predicted molar refractivity (Wildman–Crippen MR) is 77.7 cm³/mol. The number of nitrogens with zero attached hydrogens (tertiary/aromatic N) is 2. The van der Waals surface area contributed by atoms with E-state index in [1.807, 2.05) is 0 Å². The van der Waals surface area contributed by atoms with Crippen LogP contribution < -0.4 is 5.32 Å². The smallest absolute Gasteiger partial charge is 0.214 e. The summed E-state index contributed by atoms with van der Waals surface area (Å²) >= 11 is 0. The number of likely N-dealkylation sites (N-methyl/N-ethyl adjacent to an activating group) is 1. The molecule has 0 aromatic heterocycles. The van der Waals surface area contributed by atoms with Crippen molar-refractivity contribution < 1.29 is 8.42 Å². The van der Waals surface area contributed by atoms with Crippen LogP contribution in [0.25, 0.3) is 0 Å². The summed E-state index contributed by atoms with van der Waals surface area (Å²) in [5, 5.41) is 3.42. The third-order valence-electron chi connectivity index (χ3n) is 4.01. The van der Waals surface area contributed by atoms with Gasteiger partial charge in [0.15, 0.2) is 0 Å². The zero-order valence-electron chi connectivity index (χ0n) is 12.0. The Labute approximate surface area is 117 Å². The summed E-state index contributed by atoms with van der Waals surface area (Å²) in [7, 11) is -3.02. The van der Waals surface area contributed by atoms with Crippen LogP contribution >= 0.6 is 0 Å². The minimum absolute atomic E-state index is 0.311. The van der Waals surface area contributed by atoms with Gasteiger partial charge in [-0.2, -0.15) is 4.31 Å². The van der Waals surface area contributed by atoms with Crippen molar-refractivity contribution in [3.63, 3.8) is 0 Å². The highest BCUT2D eigenvalue weighted by molar-refractivity contribution is 7.89. The summed E-state index contributed by atoms with van der Waals surface area (Å²) in [6.07, 6.45) is 4.32. The molecule has 0 amide bonds. The van der Waals surface area contributed by atoms with Crippen LogP contribution in [0.1, 0.15) is 32.6 Å². The molecule has 6 heteroatoms. The molecule has 0 aromatic rings. The summed E-state index contributed by atoms with van der Waals surface area (Å²) in [6.45, 7) is 7.17. The molecule has 112 valence electrons. The minimum Gasteiger partial charge on any atom is -0.314 e. The summed E-state index contributed by atoms with van der Waals surface area (Å²) in [4.78, 5) is 2.30. The number of hydrogen-bond donors (Lipinski definition) is 1. The molecule has 2 aliphatic rings. The summed E-state index contributed by atoms with van der Waals surface area (Å²) in [5.41, 5.74) is 0. The number of nitrogens with one attached hydrogen (secondary N) is 1. The second-order valence-corrected chi connectivity index (χ2v) is 7.67. The number of hydrogen-bond acceptors (Lipinski definition) is 4. The second-order valence-electron chi connectivity index (χ2n) is 5.58. The van der Waals surface area contributed by atoms with Crippen molar-refractivity contribution >= 4 is 10.0 Å². The van der Waals surface area contributed by atoms with Gasteiger partial charge in [0.05, 0.1) is 5.75 Å². The van der Waals surface area contributed by atoms with E-state index in [0.717, 1.165) is 45.1 Å². The molecule has 0 atom stereocenters. The lowest BCUT2D eigenvalue weighted by Gasteiger charge is -2.33. The lowest BCUT2D eigenvalue weighted by Crippen LogP contribution is -2.49. The maximum Gasteiger partial charge on any atom is 0.214 e. The van der Waals surface area contributed by atoms with Crippen LogP contribution in [0.5, 0.6) is 0 Å². The first-order valence-corrected chi connectivity index (χ1v) is 9.16. The summed E-state index contributed by atoms with van der Waals surface area (Å²) in [5.74, 6) is 0.311. The van der Waals surface area contributed by atoms with Crippen LogP contribution in [-0.2, 0) is 10.0 Å². The average molecular weight is 289 g/mol. The molecule has 1 aliphatic carbocycles. The largest absolute Gasteiger partial charge is 0.314 e. The van der Waals surface area contributed by atoms with Crippen molar-refractivity contribution in [2.75, 3.05) is 45.0 Å². The molecule has 1 N–H and O–H groups in total. The van der Waals surface area contributed by atoms with E-state index in [-0.39, 0.29) is 0 Å². The molecule has 1 aliphatic heterocycles. The Hall–Kier alpha value is -0.170. The lowest BCUT2D eigenvalue weighted by atomic mass is 10.3. The van der Waals surface area contributed by atoms with Gasteiger partial charge in [-0.1, -0.05) is 6.92 Å². The molecule has 2 rings (SSSR count). The van der Waals surface area contributed by atoms with Gasteiger partial charge in [0, 0.05) is 32.2 Å². The van der Waals surface area contributed by atoms with Gasteiger partial charge >= 0.3 is 0 Å². The monoisotopic (exact) mass is 289 g/mol. The highest BCUT2D eigenvalue weighted by Crippen LogP contribution is 2.18. The van der Waals surface area contributed by atoms with E-state index >= 15 is 0 Å². The molecule has 0 bridgehead atoms. The number of sulfonamides is 1. The van der Waals surface area contributed by atoms with Crippen LogP contribution in [0.3, 0.4) is 0 Å². The summed E-state index contributed by atoms with van der Waals surface area (Å²) < 4.78 is 26.0. The van der Waals surface area contributed by atoms with Crippen molar-refractivity contribution in [3.05, 3.63) is 0 Å². The maximum atomic E-state index is 12.2. The standard InChI is InChI=1S/C13H27N3O2S/c1-2-15-8-10-16(11-9-15)19(17,18)12-4-3-7-14-13-5-6-13/h13-14H,2-12H2,1H3. The van der Waals surface area contributed by atoms with Gasteiger partial charge in [-0.3, -0.25) is 0 Å². The highest BCUT2D eigenvalue weighted by Gasteiger charge is 2.25. The SMILES string of the molecule is CCN1CCN(S(=O)(=O)CCCCNC2CC2)CC1. The number of piperazine rings is 1. The van der Waals surface area contributed by atoms with Gasteiger partial charge in [0.2, 0.25) is 10.0 Å². The Kier molecular flexibility index (Phi) is 5.62. The summed E-state index contributed by atoms with van der Waals surface area (Å²) in [6, 6.07) is 0.721. The molecule has 0 unspecified atom stereocenters. The fourth-order valence-electron chi connectivity index (χ4n) is 2.46. The average Bonchev–Trinajstić information content (AvgIpc) is 3.22. The molecular weight excluding hydrogens is 262 g/mol. The Balaban J connectivity index is 1.63. The highest BCUT2D eigenvalue weighted by atomic mass is 32.2. The van der Waals surface area contributed by atoms with Crippen molar-refractivity contribution in [1.82, 2.24) is 14.5 Å². The van der Waals surface area contributed by atoms with E-state index in [9.17, 15) is 8.42 Å². The van der Waals surface area contributed by atoms with Crippen molar-refractivity contribution in [2.45, 2.75) is 38.6 Å². The zero-order chi connectivity index (χ0) is 13.7. The molecule has 0 aromatic carbocycles. The molecule has 2 fully saturated rings. The first kappa shape index (κ1) is 15.2. The third kappa shape index (κ3) is 5.02. The fraction of sp³-hybridized carbons (Fsp3) is 1.00. The normalized spacial score (nSPS) is 22.8. The molecule has 0 radical (unpaired) electrons. The quantitative estimate of drug-likeness (QED) is 0.661. The molecule has 1 saturated carbocycles. The van der Waals surface area contributed by atoms with Crippen LogP contribution in [0, 0.1) is 0 Å². The van der Waals surface area contributed by atoms with Gasteiger partial charge in [-0.05, 0) is 38.8 Å². The molecule has 19 heavy (non-hydrogen) atoms. The van der Waals surface area contributed by atoms with E-state index in [0.29, 0.717) is 18.8 Å². The van der Waals surface area contributed by atoms with E-state index in [2.05, 4.69) is 17.1 Å². The first-order valence-electron chi connectivity index (χ1n) is 7.55. The zero-order valence-corrected chi connectivity index (χ0v) is 12.8. The van der Waals surface area contributed by atoms with Gasteiger partial charge in [0.25, 0.3) is 0 Å². The molecule has 0 spiro atoms. The van der Waals surface area contributed by atoms with Crippen LogP contribution in [0.15, 0.2) is 0 Å². The van der Waals surface area contributed by atoms with Crippen LogP contribution in [0.4, 0.5) is 0 Å². The molecule has 5 nitrogen and oxygen atoms in total. The number of rotatable bonds is 8. The van der Waals surface area contributed by atoms with Crippen molar-refractivity contribution in [2.24, 2.45) is 0 Å². The Morgan fingerprint density at radius 3 is 2.37 bits per heavy atom. The van der Waals surface area contributed by atoms with Gasteiger partial charge < -0.3 is 10.2 Å². The lowest BCUT2D eigenvalue weighted by molar-refractivity contribution is 0.196. The minimum atomic E-state index is -3.02. The van der Waals surface area contributed by atoms with Gasteiger partial charge in [-0.25, -0.2) is 8.42 Å². The molecular formula is C13H27N3O2S. The Bertz CT molecular complexity index is 360. The topological polar surface area (TPSA) is 52.7 Å². The van der Waals surface area contributed by atoms with Crippen LogP contribution in [-0.4, -0.2) is 68.7 Å². The molecule has 1 heterocycles. The van der Waals surface area contributed by atoms with Crippen molar-refractivity contribution in [3.8, 4) is 0 Å².